The van der Waals surface area contributed by atoms with Gasteiger partial charge in [0.2, 0.25) is 5.91 Å². The largest absolute Gasteiger partial charge is 0.492 e. The Morgan fingerprint density at radius 2 is 2.26 bits per heavy atom. The van der Waals surface area contributed by atoms with E-state index in [0.717, 1.165) is 0 Å². The van der Waals surface area contributed by atoms with Crippen molar-refractivity contribution >= 4 is 28.9 Å². The Hall–Kier alpha value is -3.27. The number of pyridine rings is 1. The summed E-state index contributed by atoms with van der Waals surface area (Å²) >= 11 is 5.96. The Labute approximate surface area is 164 Å². The van der Waals surface area contributed by atoms with Gasteiger partial charge in [0.1, 0.15) is 11.4 Å². The summed E-state index contributed by atoms with van der Waals surface area (Å²) in [4.78, 5) is 17.7. The highest BCUT2D eigenvalue weighted by molar-refractivity contribution is 6.29. The van der Waals surface area contributed by atoms with Gasteiger partial charge in [-0.1, -0.05) is 11.6 Å². The van der Waals surface area contributed by atoms with E-state index in [9.17, 15) is 4.79 Å². The van der Waals surface area contributed by atoms with E-state index in [1.807, 2.05) is 5.32 Å². The third-order valence-corrected chi connectivity index (χ3v) is 3.71. The van der Waals surface area contributed by atoms with Crippen molar-refractivity contribution < 1.29 is 13.6 Å². The van der Waals surface area contributed by atoms with E-state index in [1.165, 1.54) is 18.0 Å². The fraction of sp³-hybridized carbons (Fsp3) is 0.250. The van der Waals surface area contributed by atoms with E-state index in [-0.39, 0.29) is 17.3 Å². The maximum atomic E-state index is 12.0. The van der Waals surface area contributed by atoms with Crippen LogP contribution in [0.5, 0.6) is 5.75 Å². The standard InChI is InChI=1S/C16H17ClN8O2/c1-18-14(26)7-11-10(6-13(17)23-22-11)21-9-4-5-19-15(16(9)27-3)12-8-20-25(2)24-12/h4-6,8H,7H2,1-3H3,(H,18,26)(H,19,21,23)/i1D3. The minimum atomic E-state index is -2.61. The minimum Gasteiger partial charge on any atom is -0.492 e. The fourth-order valence-electron chi connectivity index (χ4n) is 2.36. The van der Waals surface area contributed by atoms with Gasteiger partial charge in [-0.2, -0.15) is 20.1 Å². The van der Waals surface area contributed by atoms with Crippen LogP contribution in [0.4, 0.5) is 11.4 Å². The van der Waals surface area contributed by atoms with Crippen LogP contribution in [0.2, 0.25) is 5.15 Å². The van der Waals surface area contributed by atoms with E-state index in [0.29, 0.717) is 28.5 Å². The molecule has 0 saturated heterocycles. The molecule has 140 valence electrons. The van der Waals surface area contributed by atoms with E-state index < -0.39 is 12.9 Å². The van der Waals surface area contributed by atoms with Crippen LogP contribution in [0.15, 0.2) is 24.5 Å². The highest BCUT2D eigenvalue weighted by Crippen LogP contribution is 2.35. The molecule has 3 heterocycles. The first-order chi connectivity index (χ1) is 14.2. The summed E-state index contributed by atoms with van der Waals surface area (Å²) in [7, 11) is 3.16. The van der Waals surface area contributed by atoms with Crippen molar-refractivity contribution in [2.75, 3.05) is 19.4 Å². The number of hydrogen-bond acceptors (Lipinski definition) is 8. The molecule has 27 heavy (non-hydrogen) atoms. The van der Waals surface area contributed by atoms with Crippen LogP contribution in [-0.2, 0) is 18.3 Å². The molecule has 0 fully saturated rings. The number of nitrogens with one attached hydrogen (secondary N) is 2. The molecular weight excluding hydrogens is 372 g/mol. The number of aromatic nitrogens is 6. The molecule has 11 heteroatoms. The molecule has 0 aliphatic rings. The molecule has 0 unspecified atom stereocenters. The van der Waals surface area contributed by atoms with Gasteiger partial charge in [0.15, 0.2) is 10.9 Å². The molecule has 0 atom stereocenters. The Morgan fingerprint density at radius 1 is 1.41 bits per heavy atom. The summed E-state index contributed by atoms with van der Waals surface area (Å²) in [5.41, 5.74) is 1.99. The first-order valence-electron chi connectivity index (χ1n) is 9.16. The monoisotopic (exact) mass is 391 g/mol. The number of hydrogen-bond donors (Lipinski definition) is 2. The molecule has 1 amide bonds. The van der Waals surface area contributed by atoms with Crippen LogP contribution in [0.3, 0.4) is 0 Å². The first kappa shape index (κ1) is 14.9. The zero-order chi connectivity index (χ0) is 21.9. The third-order valence-electron chi connectivity index (χ3n) is 3.53. The summed E-state index contributed by atoms with van der Waals surface area (Å²) < 4.78 is 26.9. The maximum Gasteiger partial charge on any atom is 0.225 e. The Bertz CT molecular complexity index is 1070. The predicted octanol–water partition coefficient (Wildman–Crippen LogP) is 1.36. The molecule has 0 spiro atoms. The molecular formula is C16H17ClN8O2. The third kappa shape index (κ3) is 4.11. The van der Waals surface area contributed by atoms with Gasteiger partial charge < -0.3 is 15.4 Å². The number of likely N-dealkylation sites (N-methyl/N-ethyl adjacent to an activating group) is 1. The maximum absolute atomic E-state index is 12.0. The Kier molecular flexibility index (Phi) is 4.38. The van der Waals surface area contributed by atoms with Crippen molar-refractivity contribution in [1.82, 2.24) is 35.5 Å². The predicted molar refractivity (Wildman–Crippen MR) is 98.9 cm³/mol. The number of aryl methyl sites for hydroxylation is 1. The lowest BCUT2D eigenvalue weighted by molar-refractivity contribution is -0.120. The number of methoxy groups -OCH3 is 1. The Balaban J connectivity index is 1.94. The van der Waals surface area contributed by atoms with Gasteiger partial charge in [0.25, 0.3) is 0 Å². The van der Waals surface area contributed by atoms with Crippen LogP contribution < -0.4 is 15.4 Å². The lowest BCUT2D eigenvalue weighted by atomic mass is 10.2. The van der Waals surface area contributed by atoms with Crippen molar-refractivity contribution in [3.05, 3.63) is 35.4 Å². The number of carbonyl (C=O) groups is 1. The summed E-state index contributed by atoms with van der Waals surface area (Å²) in [6, 6.07) is 3.12. The highest BCUT2D eigenvalue weighted by atomic mass is 35.5. The molecule has 0 bridgehead atoms. The molecule has 3 rings (SSSR count). The summed E-state index contributed by atoms with van der Waals surface area (Å²) in [6.45, 7) is -2.61. The number of rotatable bonds is 6. The molecule has 3 aromatic heterocycles. The minimum absolute atomic E-state index is 0.0830. The van der Waals surface area contributed by atoms with Crippen LogP contribution in [0.25, 0.3) is 11.4 Å². The smallest absolute Gasteiger partial charge is 0.225 e. The summed E-state index contributed by atoms with van der Waals surface area (Å²) in [5, 5.41) is 21.0. The quantitative estimate of drug-likeness (QED) is 0.646. The van der Waals surface area contributed by atoms with Crippen molar-refractivity contribution in [1.29, 1.82) is 0 Å². The lowest BCUT2D eigenvalue weighted by Gasteiger charge is -2.15. The molecule has 3 aromatic rings. The fourth-order valence-corrected chi connectivity index (χ4v) is 2.51. The highest BCUT2D eigenvalue weighted by Gasteiger charge is 2.17. The zero-order valence-electron chi connectivity index (χ0n) is 17.4. The normalized spacial score (nSPS) is 12.6. The summed E-state index contributed by atoms with van der Waals surface area (Å²) in [5.74, 6) is -0.361. The number of amides is 1. The molecule has 0 aromatic carbocycles. The molecule has 0 radical (unpaired) electrons. The van der Waals surface area contributed by atoms with Crippen molar-refractivity contribution in [2.45, 2.75) is 6.42 Å². The van der Waals surface area contributed by atoms with Gasteiger partial charge in [-0.15, -0.1) is 5.10 Å². The lowest BCUT2D eigenvalue weighted by Crippen LogP contribution is -2.21. The number of halogens is 1. The van der Waals surface area contributed by atoms with Gasteiger partial charge in [-0.3, -0.25) is 9.78 Å². The Morgan fingerprint density at radius 3 is 2.96 bits per heavy atom. The van der Waals surface area contributed by atoms with Crippen LogP contribution in [0.1, 0.15) is 9.81 Å². The van der Waals surface area contributed by atoms with Gasteiger partial charge in [-0.25, -0.2) is 0 Å². The SMILES string of the molecule is [2H]C([2H])([2H])NC(=O)Cc1nnc(Cl)cc1Nc1ccnc(-c2cnn(C)n2)c1OC. The van der Waals surface area contributed by atoms with Gasteiger partial charge >= 0.3 is 0 Å². The molecule has 2 N–H and O–H groups in total. The second-order valence-electron chi connectivity index (χ2n) is 5.34. The molecule has 10 nitrogen and oxygen atoms in total. The van der Waals surface area contributed by atoms with E-state index >= 15 is 0 Å². The van der Waals surface area contributed by atoms with Crippen molar-refractivity contribution in [2.24, 2.45) is 7.05 Å². The molecule has 0 aliphatic carbocycles. The first-order valence-corrected chi connectivity index (χ1v) is 8.04. The number of ether oxygens (including phenoxy) is 1. The number of carbonyl (C=O) groups excluding carboxylic acids is 1. The number of nitrogens with zero attached hydrogens (tertiary/aromatic N) is 6. The average Bonchev–Trinajstić information content (AvgIpc) is 3.08. The average molecular weight is 392 g/mol. The zero-order valence-corrected chi connectivity index (χ0v) is 15.2. The van der Waals surface area contributed by atoms with E-state index in [4.69, 9.17) is 20.5 Å². The van der Waals surface area contributed by atoms with Crippen molar-refractivity contribution in [3.8, 4) is 17.1 Å². The van der Waals surface area contributed by atoms with Crippen LogP contribution >= 0.6 is 11.6 Å². The van der Waals surface area contributed by atoms with E-state index in [1.54, 1.807) is 25.5 Å². The second-order valence-corrected chi connectivity index (χ2v) is 5.72. The van der Waals surface area contributed by atoms with Crippen molar-refractivity contribution in [3.63, 3.8) is 0 Å². The molecule has 0 saturated carbocycles. The second kappa shape index (κ2) is 7.96. The van der Waals surface area contributed by atoms with E-state index in [2.05, 4.69) is 30.7 Å². The molecule has 0 aliphatic heterocycles. The summed E-state index contributed by atoms with van der Waals surface area (Å²) in [6.07, 6.45) is 2.77. The van der Waals surface area contributed by atoms with Gasteiger partial charge in [0, 0.05) is 30.4 Å². The van der Waals surface area contributed by atoms with Gasteiger partial charge in [-0.05, 0) is 6.07 Å². The number of anilines is 2. The van der Waals surface area contributed by atoms with Crippen LogP contribution in [0, 0.1) is 0 Å². The van der Waals surface area contributed by atoms with Crippen LogP contribution in [-0.4, -0.2) is 50.2 Å². The van der Waals surface area contributed by atoms with Gasteiger partial charge in [0.05, 0.1) is 36.8 Å². The topological polar surface area (TPSA) is 120 Å².